The second kappa shape index (κ2) is 8.18. The number of benzene rings is 2. The number of hydrogen-bond donors (Lipinski definition) is 1. The van der Waals surface area contributed by atoms with E-state index >= 15 is 0 Å². The van der Waals surface area contributed by atoms with Crippen LogP contribution in [0.2, 0.25) is 0 Å². The monoisotopic (exact) mass is 368 g/mol. The van der Waals surface area contributed by atoms with Crippen molar-refractivity contribution in [2.24, 2.45) is 0 Å². The number of nitro groups is 1. The quantitative estimate of drug-likeness (QED) is 0.647. The first-order valence-corrected chi connectivity index (χ1v) is 9.11. The molecular weight excluding hydrogens is 344 g/mol. The predicted molar refractivity (Wildman–Crippen MR) is 107 cm³/mol. The Morgan fingerprint density at radius 1 is 1.15 bits per heavy atom. The number of nitrogens with zero attached hydrogens (tertiary/aromatic N) is 3. The molecule has 1 amide bonds. The van der Waals surface area contributed by atoms with E-state index in [0.717, 1.165) is 38.3 Å². The van der Waals surface area contributed by atoms with Gasteiger partial charge in [-0.2, -0.15) is 0 Å². The number of nitrogens with one attached hydrogen (secondary N) is 1. The largest absolute Gasteiger partial charge is 0.369 e. The zero-order chi connectivity index (χ0) is 19.4. The van der Waals surface area contributed by atoms with Crippen molar-refractivity contribution in [3.05, 3.63) is 63.7 Å². The molecule has 0 aliphatic carbocycles. The Labute approximate surface area is 158 Å². The van der Waals surface area contributed by atoms with Crippen molar-refractivity contribution in [1.82, 2.24) is 4.90 Å². The number of amides is 1. The van der Waals surface area contributed by atoms with Gasteiger partial charge in [0.2, 0.25) is 0 Å². The molecule has 3 rings (SSSR count). The van der Waals surface area contributed by atoms with Crippen LogP contribution in [0.15, 0.2) is 42.5 Å². The Bertz CT molecular complexity index is 845. The fourth-order valence-electron chi connectivity index (χ4n) is 3.36. The van der Waals surface area contributed by atoms with Crippen LogP contribution in [0, 0.1) is 17.0 Å². The lowest BCUT2D eigenvalue weighted by molar-refractivity contribution is -0.384. The first-order valence-electron chi connectivity index (χ1n) is 9.11. The van der Waals surface area contributed by atoms with Crippen LogP contribution in [-0.4, -0.2) is 48.5 Å². The smallest absolute Gasteiger partial charge is 0.270 e. The van der Waals surface area contributed by atoms with Gasteiger partial charge in [-0.15, -0.1) is 0 Å². The molecular formula is C20H24N4O3. The zero-order valence-corrected chi connectivity index (χ0v) is 15.6. The molecule has 0 spiro atoms. The molecule has 142 valence electrons. The highest BCUT2D eigenvalue weighted by molar-refractivity contribution is 6.04. The van der Waals surface area contributed by atoms with Gasteiger partial charge in [0.15, 0.2) is 0 Å². The summed E-state index contributed by atoms with van der Waals surface area (Å²) in [5.41, 5.74) is 3.12. The second-order valence-corrected chi connectivity index (χ2v) is 6.68. The highest BCUT2D eigenvalue weighted by Crippen LogP contribution is 2.25. The third kappa shape index (κ3) is 4.43. The van der Waals surface area contributed by atoms with E-state index in [1.807, 2.05) is 25.1 Å². The zero-order valence-electron chi connectivity index (χ0n) is 15.6. The van der Waals surface area contributed by atoms with Gasteiger partial charge in [-0.3, -0.25) is 14.9 Å². The Morgan fingerprint density at radius 2 is 1.89 bits per heavy atom. The van der Waals surface area contributed by atoms with E-state index < -0.39 is 4.92 Å². The molecule has 0 aromatic heterocycles. The van der Waals surface area contributed by atoms with E-state index in [1.54, 1.807) is 6.07 Å². The van der Waals surface area contributed by atoms with Crippen molar-refractivity contribution in [3.8, 4) is 0 Å². The fourth-order valence-corrected chi connectivity index (χ4v) is 3.36. The van der Waals surface area contributed by atoms with E-state index in [-0.39, 0.29) is 17.2 Å². The van der Waals surface area contributed by atoms with Gasteiger partial charge in [0.05, 0.1) is 4.92 Å². The summed E-state index contributed by atoms with van der Waals surface area (Å²) < 4.78 is 0. The molecule has 0 saturated carbocycles. The third-order valence-corrected chi connectivity index (χ3v) is 4.93. The summed E-state index contributed by atoms with van der Waals surface area (Å²) in [4.78, 5) is 27.6. The average molecular weight is 368 g/mol. The van der Waals surface area contributed by atoms with Crippen LogP contribution in [0.1, 0.15) is 22.8 Å². The number of non-ortho nitro benzene ring substituents is 1. The summed E-state index contributed by atoms with van der Waals surface area (Å²) in [5, 5.41) is 13.7. The van der Waals surface area contributed by atoms with Crippen molar-refractivity contribution in [1.29, 1.82) is 0 Å². The van der Waals surface area contributed by atoms with Crippen LogP contribution >= 0.6 is 0 Å². The average Bonchev–Trinajstić information content (AvgIpc) is 2.68. The molecule has 1 saturated heterocycles. The molecule has 1 aliphatic heterocycles. The summed E-state index contributed by atoms with van der Waals surface area (Å²) in [5.74, 6) is -0.359. The number of aryl methyl sites for hydroxylation is 1. The number of anilines is 2. The molecule has 27 heavy (non-hydrogen) atoms. The minimum atomic E-state index is -0.506. The van der Waals surface area contributed by atoms with Gasteiger partial charge in [0, 0.05) is 55.2 Å². The van der Waals surface area contributed by atoms with Gasteiger partial charge in [-0.25, -0.2) is 0 Å². The molecule has 0 bridgehead atoms. The highest BCUT2D eigenvalue weighted by Gasteiger charge is 2.18. The van der Waals surface area contributed by atoms with Gasteiger partial charge < -0.3 is 15.1 Å². The number of carbonyl (C=O) groups is 1. The first-order chi connectivity index (χ1) is 13.0. The van der Waals surface area contributed by atoms with Crippen LogP contribution in [0.25, 0.3) is 0 Å². The SMILES string of the molecule is CCN1CCN(c2ccc(NC(=O)c3cccc([N+](=O)[O-])c3)cc2C)CC1. The maximum Gasteiger partial charge on any atom is 0.270 e. The second-order valence-electron chi connectivity index (χ2n) is 6.68. The first kappa shape index (κ1) is 18.8. The number of piperazine rings is 1. The normalized spacial score (nSPS) is 14.8. The minimum Gasteiger partial charge on any atom is -0.369 e. The summed E-state index contributed by atoms with van der Waals surface area (Å²) in [7, 11) is 0. The van der Waals surface area contributed by atoms with E-state index in [9.17, 15) is 14.9 Å². The van der Waals surface area contributed by atoms with Crippen molar-refractivity contribution in [2.75, 3.05) is 42.9 Å². The van der Waals surface area contributed by atoms with Gasteiger partial charge in [-0.1, -0.05) is 13.0 Å². The molecule has 1 aliphatic rings. The van der Waals surface area contributed by atoms with E-state index in [0.29, 0.717) is 5.69 Å². The molecule has 7 nitrogen and oxygen atoms in total. The molecule has 7 heteroatoms. The highest BCUT2D eigenvalue weighted by atomic mass is 16.6. The van der Waals surface area contributed by atoms with Gasteiger partial charge in [0.25, 0.3) is 11.6 Å². The van der Waals surface area contributed by atoms with Crippen LogP contribution in [-0.2, 0) is 0 Å². The van der Waals surface area contributed by atoms with Gasteiger partial charge in [0.1, 0.15) is 0 Å². The Morgan fingerprint density at radius 3 is 2.52 bits per heavy atom. The number of nitro benzene ring substituents is 1. The summed E-state index contributed by atoms with van der Waals surface area (Å²) >= 11 is 0. The molecule has 0 unspecified atom stereocenters. The predicted octanol–water partition coefficient (Wildman–Crippen LogP) is 3.30. The third-order valence-electron chi connectivity index (χ3n) is 4.93. The van der Waals surface area contributed by atoms with E-state index in [2.05, 4.69) is 22.0 Å². The number of hydrogen-bond acceptors (Lipinski definition) is 5. The van der Waals surface area contributed by atoms with Crippen molar-refractivity contribution in [2.45, 2.75) is 13.8 Å². The number of carbonyl (C=O) groups excluding carboxylic acids is 1. The van der Waals surface area contributed by atoms with Crippen molar-refractivity contribution in [3.63, 3.8) is 0 Å². The minimum absolute atomic E-state index is 0.0969. The van der Waals surface area contributed by atoms with Crippen molar-refractivity contribution >= 4 is 23.0 Å². The van der Waals surface area contributed by atoms with Crippen LogP contribution in [0.5, 0.6) is 0 Å². The Hall–Kier alpha value is -2.93. The van der Waals surface area contributed by atoms with Crippen LogP contribution < -0.4 is 10.2 Å². The molecule has 2 aromatic carbocycles. The lowest BCUT2D eigenvalue weighted by Gasteiger charge is -2.36. The topological polar surface area (TPSA) is 78.7 Å². The standard InChI is InChI=1S/C20H24N4O3/c1-3-22-9-11-23(12-10-22)19-8-7-17(13-15(19)2)21-20(25)16-5-4-6-18(14-16)24(26)27/h4-8,13-14H,3,9-12H2,1-2H3,(H,21,25). The van der Waals surface area contributed by atoms with Gasteiger partial charge in [-0.05, 0) is 43.3 Å². The van der Waals surface area contributed by atoms with Crippen LogP contribution in [0.3, 0.4) is 0 Å². The summed E-state index contributed by atoms with van der Waals surface area (Å²) in [6.45, 7) is 9.39. The molecule has 2 aromatic rings. The lowest BCUT2D eigenvalue weighted by Crippen LogP contribution is -2.46. The molecule has 0 radical (unpaired) electrons. The van der Waals surface area contributed by atoms with E-state index in [4.69, 9.17) is 0 Å². The van der Waals surface area contributed by atoms with Crippen molar-refractivity contribution < 1.29 is 9.72 Å². The Balaban J connectivity index is 1.70. The summed E-state index contributed by atoms with van der Waals surface area (Å²) in [6, 6.07) is 11.6. The molecule has 1 heterocycles. The maximum atomic E-state index is 12.4. The number of likely N-dealkylation sites (N-methyl/N-ethyl adjacent to an activating group) is 1. The van der Waals surface area contributed by atoms with E-state index in [1.165, 1.54) is 23.9 Å². The fraction of sp³-hybridized carbons (Fsp3) is 0.350. The lowest BCUT2D eigenvalue weighted by atomic mass is 10.1. The molecule has 1 N–H and O–H groups in total. The van der Waals surface area contributed by atoms with Gasteiger partial charge >= 0.3 is 0 Å². The maximum absolute atomic E-state index is 12.4. The molecule has 0 atom stereocenters. The molecule has 1 fully saturated rings. The van der Waals surface area contributed by atoms with Crippen LogP contribution in [0.4, 0.5) is 17.1 Å². The number of rotatable bonds is 5. The Kier molecular flexibility index (Phi) is 5.71. The summed E-state index contributed by atoms with van der Waals surface area (Å²) in [6.07, 6.45) is 0.